The largest absolute Gasteiger partial charge is 0.550 e. The predicted molar refractivity (Wildman–Crippen MR) is 78.4 cm³/mol. The van der Waals surface area contributed by atoms with Gasteiger partial charge in [-0.25, -0.2) is 0 Å². The maximum atomic E-state index is 12.0. The Morgan fingerprint density at radius 3 is 2.29 bits per heavy atom. The standard InChI is InChI=1S/C14H16Cl2N2O3/c15-10-5-11(16)7-12(6-10)17-13(19)8-18-3-1-9(2-4-18)14(20)21/h5-7,9H,1-4,8H2,(H,17,19)(H,20,21). The molecule has 0 aromatic heterocycles. The van der Waals surface area contributed by atoms with Gasteiger partial charge in [0.2, 0.25) is 0 Å². The summed E-state index contributed by atoms with van der Waals surface area (Å²) < 4.78 is 0. The summed E-state index contributed by atoms with van der Waals surface area (Å²) in [4.78, 5) is 23.8. The smallest absolute Gasteiger partial charge is 0.279 e. The molecule has 5 nitrogen and oxygen atoms in total. The van der Waals surface area contributed by atoms with Crippen molar-refractivity contribution in [2.45, 2.75) is 12.8 Å². The number of anilines is 1. The van der Waals surface area contributed by atoms with E-state index in [1.807, 2.05) is 0 Å². The zero-order chi connectivity index (χ0) is 15.4. The second-order valence-electron chi connectivity index (χ2n) is 5.23. The molecule has 1 aromatic carbocycles. The number of halogens is 2. The normalized spacial score (nSPS) is 21.8. The lowest BCUT2D eigenvalue weighted by Gasteiger charge is -2.29. The zero-order valence-corrected chi connectivity index (χ0v) is 12.8. The van der Waals surface area contributed by atoms with E-state index >= 15 is 0 Å². The zero-order valence-electron chi connectivity index (χ0n) is 11.3. The summed E-state index contributed by atoms with van der Waals surface area (Å²) >= 11 is 11.7. The van der Waals surface area contributed by atoms with Crippen LogP contribution in [0.2, 0.25) is 10.0 Å². The Labute approximate surface area is 132 Å². The summed E-state index contributed by atoms with van der Waals surface area (Å²) in [6.07, 6.45) is 1.10. The summed E-state index contributed by atoms with van der Waals surface area (Å²) in [5.74, 6) is -1.52. The van der Waals surface area contributed by atoms with E-state index in [1.165, 1.54) is 0 Å². The molecule has 21 heavy (non-hydrogen) atoms. The molecule has 0 bridgehead atoms. The SMILES string of the molecule is O=C(C[NH+]1CCC(C(=O)[O-])CC1)Nc1cc(Cl)cc(Cl)c1. The Kier molecular flexibility index (Phi) is 5.45. The van der Waals surface area contributed by atoms with Crippen molar-refractivity contribution >= 4 is 40.8 Å². The molecular weight excluding hydrogens is 315 g/mol. The number of carbonyl (C=O) groups excluding carboxylic acids is 2. The van der Waals surface area contributed by atoms with Crippen molar-refractivity contribution in [1.29, 1.82) is 0 Å². The van der Waals surface area contributed by atoms with Gasteiger partial charge in [-0.2, -0.15) is 0 Å². The van der Waals surface area contributed by atoms with Crippen molar-refractivity contribution in [2.24, 2.45) is 5.92 Å². The molecular formula is C14H16Cl2N2O3. The van der Waals surface area contributed by atoms with E-state index in [9.17, 15) is 14.7 Å². The highest BCUT2D eigenvalue weighted by molar-refractivity contribution is 6.35. The number of amides is 1. The van der Waals surface area contributed by atoms with Gasteiger partial charge < -0.3 is 20.1 Å². The fraction of sp³-hybridized carbons (Fsp3) is 0.429. The lowest BCUT2D eigenvalue weighted by atomic mass is 9.97. The average molecular weight is 331 g/mol. The van der Waals surface area contributed by atoms with E-state index in [0.717, 1.165) is 4.90 Å². The van der Waals surface area contributed by atoms with Crippen molar-refractivity contribution in [3.63, 3.8) is 0 Å². The van der Waals surface area contributed by atoms with Crippen LogP contribution in [-0.2, 0) is 9.59 Å². The number of piperidine rings is 1. The number of hydrogen-bond donors (Lipinski definition) is 2. The van der Waals surface area contributed by atoms with Gasteiger partial charge in [-0.05, 0) is 18.2 Å². The highest BCUT2D eigenvalue weighted by Gasteiger charge is 2.24. The van der Waals surface area contributed by atoms with Gasteiger partial charge in [0, 0.05) is 40.5 Å². The second-order valence-corrected chi connectivity index (χ2v) is 6.10. The highest BCUT2D eigenvalue weighted by atomic mass is 35.5. The Morgan fingerprint density at radius 1 is 1.19 bits per heavy atom. The summed E-state index contributed by atoms with van der Waals surface area (Å²) in [5, 5.41) is 14.4. The van der Waals surface area contributed by atoms with Crippen LogP contribution in [0.25, 0.3) is 0 Å². The number of rotatable bonds is 4. The first-order valence-electron chi connectivity index (χ1n) is 6.74. The van der Waals surface area contributed by atoms with Crippen LogP contribution in [0.5, 0.6) is 0 Å². The van der Waals surface area contributed by atoms with Crippen molar-refractivity contribution < 1.29 is 19.6 Å². The first kappa shape index (κ1) is 16.1. The third-order valence-electron chi connectivity index (χ3n) is 3.58. The highest BCUT2D eigenvalue weighted by Crippen LogP contribution is 2.22. The fourth-order valence-corrected chi connectivity index (χ4v) is 3.02. The van der Waals surface area contributed by atoms with Crippen LogP contribution in [0.15, 0.2) is 18.2 Å². The first-order chi connectivity index (χ1) is 9.94. The van der Waals surface area contributed by atoms with Crippen LogP contribution < -0.4 is 15.3 Å². The van der Waals surface area contributed by atoms with Crippen LogP contribution in [0, 0.1) is 5.92 Å². The van der Waals surface area contributed by atoms with Gasteiger partial charge in [0.1, 0.15) is 0 Å². The van der Waals surface area contributed by atoms with Crippen molar-refractivity contribution in [1.82, 2.24) is 0 Å². The lowest BCUT2D eigenvalue weighted by Crippen LogP contribution is -3.14. The molecule has 7 heteroatoms. The molecule has 0 atom stereocenters. The molecule has 0 aliphatic carbocycles. The molecule has 1 aromatic rings. The third kappa shape index (κ3) is 4.88. The van der Waals surface area contributed by atoms with Crippen LogP contribution in [-0.4, -0.2) is 31.5 Å². The molecule has 1 heterocycles. The minimum atomic E-state index is -0.993. The van der Waals surface area contributed by atoms with Crippen LogP contribution >= 0.6 is 23.2 Å². The lowest BCUT2D eigenvalue weighted by molar-refractivity contribution is -0.897. The van der Waals surface area contributed by atoms with E-state index in [4.69, 9.17) is 23.2 Å². The molecule has 2 N–H and O–H groups in total. The molecule has 114 valence electrons. The molecule has 0 saturated carbocycles. The minimum Gasteiger partial charge on any atom is -0.550 e. The third-order valence-corrected chi connectivity index (χ3v) is 4.02. The summed E-state index contributed by atoms with van der Waals surface area (Å²) in [6.45, 7) is 1.61. The predicted octanol–water partition coefficient (Wildman–Crippen LogP) is -0.0233. The Hall–Kier alpha value is -1.30. The summed E-state index contributed by atoms with van der Waals surface area (Å²) in [5.41, 5.74) is 0.557. The molecule has 0 unspecified atom stereocenters. The Balaban J connectivity index is 1.84. The van der Waals surface area contributed by atoms with Gasteiger partial charge in [0.05, 0.1) is 13.1 Å². The number of likely N-dealkylation sites (tertiary alicyclic amines) is 1. The van der Waals surface area contributed by atoms with E-state index < -0.39 is 5.97 Å². The van der Waals surface area contributed by atoms with Gasteiger partial charge >= 0.3 is 0 Å². The number of nitrogens with one attached hydrogen (secondary N) is 2. The van der Waals surface area contributed by atoms with E-state index in [0.29, 0.717) is 48.2 Å². The van der Waals surface area contributed by atoms with Crippen molar-refractivity contribution in [2.75, 3.05) is 25.0 Å². The molecule has 1 saturated heterocycles. The Morgan fingerprint density at radius 2 is 1.76 bits per heavy atom. The van der Waals surface area contributed by atoms with Gasteiger partial charge in [-0.15, -0.1) is 0 Å². The summed E-state index contributed by atoms with van der Waals surface area (Å²) in [7, 11) is 0. The second kappa shape index (κ2) is 7.11. The van der Waals surface area contributed by atoms with Crippen LogP contribution in [0.3, 0.4) is 0 Å². The van der Waals surface area contributed by atoms with Crippen LogP contribution in [0.1, 0.15) is 12.8 Å². The molecule has 1 amide bonds. The van der Waals surface area contributed by atoms with Gasteiger partial charge in [-0.1, -0.05) is 23.2 Å². The number of carboxylic acid groups (broad SMARTS) is 1. The van der Waals surface area contributed by atoms with E-state index in [1.54, 1.807) is 18.2 Å². The maximum absolute atomic E-state index is 12.0. The van der Waals surface area contributed by atoms with Crippen LogP contribution in [0.4, 0.5) is 5.69 Å². The van der Waals surface area contributed by atoms with E-state index in [2.05, 4.69) is 5.32 Å². The monoisotopic (exact) mass is 330 g/mol. The molecule has 2 rings (SSSR count). The van der Waals surface area contributed by atoms with Gasteiger partial charge in [-0.3, -0.25) is 4.79 Å². The molecule has 1 aliphatic heterocycles. The molecule has 0 radical (unpaired) electrons. The number of quaternary nitrogens is 1. The molecule has 0 spiro atoms. The van der Waals surface area contributed by atoms with Gasteiger partial charge in [0.15, 0.2) is 6.54 Å². The molecule has 1 aliphatic rings. The van der Waals surface area contributed by atoms with E-state index in [-0.39, 0.29) is 11.8 Å². The van der Waals surface area contributed by atoms with Gasteiger partial charge in [0.25, 0.3) is 5.91 Å². The quantitative estimate of drug-likeness (QED) is 0.814. The first-order valence-corrected chi connectivity index (χ1v) is 7.50. The fourth-order valence-electron chi connectivity index (χ4n) is 2.50. The number of benzene rings is 1. The number of aliphatic carboxylic acids is 1. The van der Waals surface area contributed by atoms with Crippen molar-refractivity contribution in [3.05, 3.63) is 28.2 Å². The average Bonchev–Trinajstić information content (AvgIpc) is 2.37. The number of carboxylic acids is 1. The van der Waals surface area contributed by atoms with Crippen molar-refractivity contribution in [3.8, 4) is 0 Å². The minimum absolute atomic E-state index is 0.143. The maximum Gasteiger partial charge on any atom is 0.279 e. The molecule has 1 fully saturated rings. The summed E-state index contributed by atoms with van der Waals surface area (Å²) in [6, 6.07) is 4.85. The topological polar surface area (TPSA) is 73.7 Å². The number of carbonyl (C=O) groups is 2. The Bertz CT molecular complexity index is 523. The number of hydrogen-bond acceptors (Lipinski definition) is 3.